The van der Waals surface area contributed by atoms with Gasteiger partial charge in [0.15, 0.2) is 5.41 Å². The lowest BCUT2D eigenvalue weighted by Gasteiger charge is -2.09. The minimum absolute atomic E-state index is 0.322. The molecule has 1 aromatic carbocycles. The van der Waals surface area contributed by atoms with E-state index in [1.807, 2.05) is 18.2 Å². The molecule has 0 bridgehead atoms. The molecule has 2 rings (SSSR count). The summed E-state index contributed by atoms with van der Waals surface area (Å²) >= 11 is 0. The fourth-order valence-electron chi connectivity index (χ4n) is 2.87. The highest BCUT2D eigenvalue weighted by atomic mass is 14.8. The first-order valence-electron chi connectivity index (χ1n) is 6.18. The first-order chi connectivity index (χ1) is 10.6. The van der Waals surface area contributed by atoms with Gasteiger partial charge in [-0.1, -0.05) is 30.3 Å². The Hall–Kier alpha value is -3.79. The molecule has 1 aliphatic rings. The minimum atomic E-state index is -1.72. The van der Waals surface area contributed by atoms with E-state index in [0.29, 0.717) is 5.56 Å². The maximum Gasteiger partial charge on any atom is 0.177 e. The van der Waals surface area contributed by atoms with Gasteiger partial charge in [-0.25, -0.2) is 0 Å². The number of hydrogen-bond donors (Lipinski definition) is 1. The van der Waals surface area contributed by atoms with Crippen LogP contribution >= 0.6 is 0 Å². The van der Waals surface area contributed by atoms with Crippen molar-refractivity contribution >= 4 is 0 Å². The van der Waals surface area contributed by atoms with Crippen LogP contribution in [0, 0.1) is 67.5 Å². The summed E-state index contributed by atoms with van der Waals surface area (Å²) in [7, 11) is 0. The van der Waals surface area contributed by atoms with Crippen molar-refractivity contribution in [1.29, 1.82) is 26.3 Å². The monoisotopic (exact) mass is 284 g/mol. The van der Waals surface area contributed by atoms with Gasteiger partial charge in [0.25, 0.3) is 0 Å². The standard InChI is InChI=1S/C16H8N6/c17-6-12(7-18)14(22)16(10-21)13(15(16,8-19)9-20)11-4-2-1-3-5-11/h1-5,13H,22H2/t13-,16-/m0/s1. The summed E-state index contributed by atoms with van der Waals surface area (Å²) in [4.78, 5) is 0. The summed E-state index contributed by atoms with van der Waals surface area (Å²) in [5, 5.41) is 46.5. The number of nitriles is 5. The van der Waals surface area contributed by atoms with Crippen LogP contribution in [-0.4, -0.2) is 0 Å². The largest absolute Gasteiger partial charge is 0.399 e. The van der Waals surface area contributed by atoms with Crippen LogP contribution in [0.2, 0.25) is 0 Å². The third-order valence-corrected chi connectivity index (χ3v) is 3.98. The Kier molecular flexibility index (Phi) is 3.29. The zero-order valence-electron chi connectivity index (χ0n) is 11.3. The van der Waals surface area contributed by atoms with E-state index >= 15 is 0 Å². The van der Waals surface area contributed by atoms with Crippen molar-refractivity contribution in [2.45, 2.75) is 5.92 Å². The fraction of sp³-hybridized carbons (Fsp3) is 0.188. The molecule has 0 heterocycles. The molecule has 2 N–H and O–H groups in total. The second-order valence-electron chi connectivity index (χ2n) is 4.81. The molecule has 6 nitrogen and oxygen atoms in total. The molecular formula is C16H8N6. The van der Waals surface area contributed by atoms with Gasteiger partial charge in [-0.15, -0.1) is 0 Å². The summed E-state index contributed by atoms with van der Waals surface area (Å²) < 4.78 is 0. The molecule has 0 aliphatic heterocycles. The maximum atomic E-state index is 9.61. The van der Waals surface area contributed by atoms with Crippen molar-refractivity contribution in [1.82, 2.24) is 0 Å². The van der Waals surface area contributed by atoms with Crippen LogP contribution in [0.15, 0.2) is 41.6 Å². The molecule has 1 aliphatic carbocycles. The SMILES string of the molecule is N#CC(C#N)=C(N)[C@]1(C#N)[C@@H](c2ccccc2)C1(C#N)C#N. The Morgan fingerprint density at radius 1 is 0.909 bits per heavy atom. The average molecular weight is 284 g/mol. The van der Waals surface area contributed by atoms with E-state index in [9.17, 15) is 15.8 Å². The van der Waals surface area contributed by atoms with Crippen LogP contribution in [0.1, 0.15) is 11.5 Å². The molecule has 1 aromatic rings. The highest BCUT2D eigenvalue weighted by Crippen LogP contribution is 2.76. The summed E-state index contributed by atoms with van der Waals surface area (Å²) in [5.74, 6) is -0.808. The smallest absolute Gasteiger partial charge is 0.177 e. The highest BCUT2D eigenvalue weighted by Gasteiger charge is 2.82. The van der Waals surface area contributed by atoms with Crippen LogP contribution in [0.3, 0.4) is 0 Å². The lowest BCUT2D eigenvalue weighted by Crippen LogP contribution is -2.20. The molecule has 0 spiro atoms. The molecule has 102 valence electrons. The first-order valence-corrected chi connectivity index (χ1v) is 6.18. The lowest BCUT2D eigenvalue weighted by atomic mass is 9.90. The molecular weight excluding hydrogens is 276 g/mol. The zero-order chi connectivity index (χ0) is 16.4. The van der Waals surface area contributed by atoms with Gasteiger partial charge in [0, 0.05) is 5.92 Å². The second kappa shape index (κ2) is 4.96. The summed E-state index contributed by atoms with van der Waals surface area (Å²) in [6.07, 6.45) is 0. The maximum absolute atomic E-state index is 9.61. The van der Waals surface area contributed by atoms with Crippen molar-refractivity contribution in [3.05, 3.63) is 47.2 Å². The number of benzene rings is 1. The van der Waals surface area contributed by atoms with Crippen molar-refractivity contribution in [2.75, 3.05) is 0 Å². The molecule has 1 saturated carbocycles. The normalized spacial score (nSPS) is 23.5. The molecule has 22 heavy (non-hydrogen) atoms. The van der Waals surface area contributed by atoms with Gasteiger partial charge in [-0.05, 0) is 5.56 Å². The van der Waals surface area contributed by atoms with Gasteiger partial charge in [-0.3, -0.25) is 0 Å². The van der Waals surface area contributed by atoms with E-state index in [1.54, 1.807) is 42.5 Å². The average Bonchev–Trinajstić information content (AvgIpc) is 3.20. The van der Waals surface area contributed by atoms with Gasteiger partial charge in [0.2, 0.25) is 0 Å². The molecule has 0 unspecified atom stereocenters. The van der Waals surface area contributed by atoms with Crippen LogP contribution in [-0.2, 0) is 0 Å². The van der Waals surface area contributed by atoms with E-state index in [-0.39, 0.29) is 5.70 Å². The van der Waals surface area contributed by atoms with Gasteiger partial charge >= 0.3 is 0 Å². The Bertz CT molecular complexity index is 833. The number of nitrogens with zero attached hydrogens (tertiary/aromatic N) is 5. The molecule has 0 amide bonds. The Morgan fingerprint density at radius 3 is 1.86 bits per heavy atom. The number of allylic oxidation sites excluding steroid dienone is 2. The van der Waals surface area contributed by atoms with Gasteiger partial charge in [0.1, 0.15) is 23.1 Å². The van der Waals surface area contributed by atoms with E-state index in [4.69, 9.17) is 16.3 Å². The number of rotatable bonds is 2. The predicted molar refractivity (Wildman–Crippen MR) is 73.3 cm³/mol. The van der Waals surface area contributed by atoms with Gasteiger partial charge in [-0.2, -0.15) is 26.3 Å². The minimum Gasteiger partial charge on any atom is -0.399 e. The Morgan fingerprint density at radius 2 is 1.45 bits per heavy atom. The van der Waals surface area contributed by atoms with Crippen molar-refractivity contribution in [3.63, 3.8) is 0 Å². The van der Waals surface area contributed by atoms with E-state index in [0.717, 1.165) is 0 Å². The van der Waals surface area contributed by atoms with Crippen LogP contribution in [0.25, 0.3) is 0 Å². The summed E-state index contributed by atoms with van der Waals surface area (Å²) in [5.41, 5.74) is 2.26. The van der Waals surface area contributed by atoms with E-state index in [2.05, 4.69) is 0 Å². The second-order valence-corrected chi connectivity index (χ2v) is 4.81. The highest BCUT2D eigenvalue weighted by molar-refractivity contribution is 5.63. The Labute approximate surface area is 127 Å². The fourth-order valence-corrected chi connectivity index (χ4v) is 2.87. The summed E-state index contributed by atoms with van der Waals surface area (Å²) in [6, 6.07) is 17.4. The van der Waals surface area contributed by atoms with Crippen LogP contribution in [0.4, 0.5) is 0 Å². The predicted octanol–water partition coefficient (Wildman–Crippen LogP) is 1.59. The van der Waals surface area contributed by atoms with Crippen molar-refractivity contribution in [3.8, 4) is 30.3 Å². The molecule has 6 heteroatoms. The third kappa shape index (κ3) is 1.49. The number of nitrogens with two attached hydrogens (primary N) is 1. The molecule has 0 radical (unpaired) electrons. The van der Waals surface area contributed by atoms with Crippen molar-refractivity contribution in [2.24, 2.45) is 16.6 Å². The molecule has 1 fully saturated rings. The molecule has 0 aromatic heterocycles. The topological polar surface area (TPSA) is 145 Å². The molecule has 0 saturated heterocycles. The lowest BCUT2D eigenvalue weighted by molar-refractivity contribution is 0.660. The number of hydrogen-bond acceptors (Lipinski definition) is 6. The summed E-state index contributed by atoms with van der Waals surface area (Å²) in [6.45, 7) is 0. The van der Waals surface area contributed by atoms with Crippen LogP contribution in [0.5, 0.6) is 0 Å². The quantitative estimate of drug-likeness (QED) is 0.816. The van der Waals surface area contributed by atoms with Gasteiger partial charge in [0.05, 0.1) is 23.9 Å². The molecule has 2 atom stereocenters. The third-order valence-electron chi connectivity index (χ3n) is 3.98. The van der Waals surface area contributed by atoms with E-state index < -0.39 is 22.3 Å². The van der Waals surface area contributed by atoms with Crippen LogP contribution < -0.4 is 5.73 Å². The zero-order valence-corrected chi connectivity index (χ0v) is 11.3. The first kappa shape index (κ1) is 14.6. The van der Waals surface area contributed by atoms with Crippen molar-refractivity contribution < 1.29 is 0 Å². The van der Waals surface area contributed by atoms with Gasteiger partial charge < -0.3 is 5.73 Å². The Balaban J connectivity index is 2.78. The van der Waals surface area contributed by atoms with E-state index in [1.165, 1.54) is 0 Å².